The first-order valence-corrected chi connectivity index (χ1v) is 10.6. The van der Waals surface area contributed by atoms with Crippen LogP contribution in [0.1, 0.15) is 5.56 Å². The standard InChI is InChI=1S/C19H18ClN3O5S/c20-16-4-2-6-18(14-16)29(27,28)22-11-9-21(10-12-22)19(24)8-7-15-3-1-5-17(13-15)23(25)26/h1-8,13-14H,9-12H2/b8-7+. The van der Waals surface area contributed by atoms with E-state index in [0.29, 0.717) is 10.6 Å². The van der Waals surface area contributed by atoms with E-state index in [2.05, 4.69) is 0 Å². The summed E-state index contributed by atoms with van der Waals surface area (Å²) in [5.74, 6) is -0.281. The molecule has 0 radical (unpaired) electrons. The van der Waals surface area contributed by atoms with Crippen molar-refractivity contribution < 1.29 is 18.1 Å². The molecule has 0 aliphatic carbocycles. The number of nitro benzene ring substituents is 1. The molecule has 1 fully saturated rings. The zero-order valence-corrected chi connectivity index (χ0v) is 16.8. The number of carbonyl (C=O) groups is 1. The van der Waals surface area contributed by atoms with Crippen molar-refractivity contribution in [3.05, 3.63) is 75.3 Å². The van der Waals surface area contributed by atoms with Gasteiger partial charge in [-0.3, -0.25) is 14.9 Å². The van der Waals surface area contributed by atoms with Crippen molar-refractivity contribution in [1.82, 2.24) is 9.21 Å². The molecule has 0 atom stereocenters. The van der Waals surface area contributed by atoms with E-state index < -0.39 is 14.9 Å². The van der Waals surface area contributed by atoms with Gasteiger partial charge < -0.3 is 4.90 Å². The Morgan fingerprint density at radius 3 is 2.41 bits per heavy atom. The molecule has 3 rings (SSSR count). The van der Waals surface area contributed by atoms with Crippen molar-refractivity contribution >= 4 is 39.3 Å². The van der Waals surface area contributed by atoms with E-state index in [1.54, 1.807) is 24.3 Å². The van der Waals surface area contributed by atoms with E-state index in [-0.39, 0.29) is 42.7 Å². The Balaban J connectivity index is 1.62. The third-order valence-corrected chi connectivity index (χ3v) is 6.61. The number of rotatable bonds is 5. The number of carbonyl (C=O) groups excluding carboxylic acids is 1. The fraction of sp³-hybridized carbons (Fsp3) is 0.211. The van der Waals surface area contributed by atoms with Crippen LogP contribution in [-0.2, 0) is 14.8 Å². The molecule has 1 heterocycles. The van der Waals surface area contributed by atoms with E-state index in [0.717, 1.165) is 0 Å². The predicted molar refractivity (Wildman–Crippen MR) is 109 cm³/mol. The molecule has 2 aromatic carbocycles. The number of benzene rings is 2. The van der Waals surface area contributed by atoms with Gasteiger partial charge in [0.1, 0.15) is 0 Å². The third kappa shape index (κ3) is 5.00. The highest BCUT2D eigenvalue weighted by Gasteiger charge is 2.29. The predicted octanol–water partition coefficient (Wildman–Crippen LogP) is 2.79. The Kier molecular flexibility index (Phi) is 6.31. The van der Waals surface area contributed by atoms with Gasteiger partial charge in [0.2, 0.25) is 15.9 Å². The monoisotopic (exact) mass is 435 g/mol. The van der Waals surface area contributed by atoms with E-state index in [1.807, 2.05) is 0 Å². The van der Waals surface area contributed by atoms with Crippen LogP contribution >= 0.6 is 11.6 Å². The van der Waals surface area contributed by atoms with Crippen LogP contribution in [0, 0.1) is 10.1 Å². The summed E-state index contributed by atoms with van der Waals surface area (Å²) in [5.41, 5.74) is 0.481. The fourth-order valence-electron chi connectivity index (χ4n) is 2.94. The van der Waals surface area contributed by atoms with Gasteiger partial charge in [-0.05, 0) is 29.8 Å². The molecule has 8 nitrogen and oxygen atoms in total. The molecule has 10 heteroatoms. The van der Waals surface area contributed by atoms with Crippen LogP contribution in [0.4, 0.5) is 5.69 Å². The number of nitrogens with zero attached hydrogens (tertiary/aromatic N) is 3. The van der Waals surface area contributed by atoms with Gasteiger partial charge in [0.25, 0.3) is 5.69 Å². The van der Waals surface area contributed by atoms with Crippen LogP contribution in [0.25, 0.3) is 6.08 Å². The molecular formula is C19H18ClN3O5S. The van der Waals surface area contributed by atoms with Gasteiger partial charge in [-0.2, -0.15) is 4.31 Å². The van der Waals surface area contributed by atoms with E-state index in [1.165, 1.54) is 45.6 Å². The van der Waals surface area contributed by atoms with Crippen molar-refractivity contribution in [2.75, 3.05) is 26.2 Å². The van der Waals surface area contributed by atoms with Crippen molar-refractivity contribution in [2.24, 2.45) is 0 Å². The second-order valence-corrected chi connectivity index (χ2v) is 8.75. The summed E-state index contributed by atoms with van der Waals surface area (Å²) in [7, 11) is -3.67. The molecule has 29 heavy (non-hydrogen) atoms. The average Bonchev–Trinajstić information content (AvgIpc) is 2.72. The lowest BCUT2D eigenvalue weighted by Gasteiger charge is -2.33. The summed E-state index contributed by atoms with van der Waals surface area (Å²) in [4.78, 5) is 24.4. The van der Waals surface area contributed by atoms with Crippen molar-refractivity contribution in [1.29, 1.82) is 0 Å². The fourth-order valence-corrected chi connectivity index (χ4v) is 4.66. The van der Waals surface area contributed by atoms with E-state index >= 15 is 0 Å². The highest BCUT2D eigenvalue weighted by molar-refractivity contribution is 7.89. The topological polar surface area (TPSA) is 101 Å². The average molecular weight is 436 g/mol. The molecule has 1 saturated heterocycles. The van der Waals surface area contributed by atoms with Gasteiger partial charge in [0.15, 0.2) is 0 Å². The van der Waals surface area contributed by atoms with Gasteiger partial charge >= 0.3 is 0 Å². The summed E-state index contributed by atoms with van der Waals surface area (Å²) >= 11 is 5.89. The lowest BCUT2D eigenvalue weighted by Crippen LogP contribution is -2.50. The van der Waals surface area contributed by atoms with Crippen LogP contribution in [-0.4, -0.2) is 54.6 Å². The minimum atomic E-state index is -3.67. The number of hydrogen-bond acceptors (Lipinski definition) is 5. The number of halogens is 1. The lowest BCUT2D eigenvalue weighted by atomic mass is 10.2. The maximum Gasteiger partial charge on any atom is 0.270 e. The number of amides is 1. The van der Waals surface area contributed by atoms with E-state index in [4.69, 9.17) is 11.6 Å². The maximum absolute atomic E-state index is 12.7. The number of non-ortho nitro benzene ring substituents is 1. The van der Waals surface area contributed by atoms with Crippen LogP contribution in [0.15, 0.2) is 59.5 Å². The first-order chi connectivity index (χ1) is 13.8. The maximum atomic E-state index is 12.7. The highest BCUT2D eigenvalue weighted by atomic mass is 35.5. The summed E-state index contributed by atoms with van der Waals surface area (Å²) in [5, 5.41) is 11.2. The van der Waals surface area contributed by atoms with Crippen molar-refractivity contribution in [3.8, 4) is 0 Å². The summed E-state index contributed by atoms with van der Waals surface area (Å²) in [6, 6.07) is 12.0. The molecule has 1 aliphatic heterocycles. The van der Waals surface area contributed by atoms with Crippen molar-refractivity contribution in [3.63, 3.8) is 0 Å². The molecule has 0 aromatic heterocycles. The lowest BCUT2D eigenvalue weighted by molar-refractivity contribution is -0.384. The Labute approximate surface area is 173 Å². The van der Waals surface area contributed by atoms with Gasteiger partial charge in [0.05, 0.1) is 9.82 Å². The first-order valence-electron chi connectivity index (χ1n) is 8.74. The van der Waals surface area contributed by atoms with Gasteiger partial charge in [-0.25, -0.2) is 8.42 Å². The van der Waals surface area contributed by atoms with Crippen LogP contribution < -0.4 is 0 Å². The quantitative estimate of drug-likeness (QED) is 0.408. The van der Waals surface area contributed by atoms with Gasteiger partial charge in [-0.1, -0.05) is 29.8 Å². The Morgan fingerprint density at radius 2 is 1.76 bits per heavy atom. The Hall–Kier alpha value is -2.75. The molecule has 0 spiro atoms. The number of sulfonamides is 1. The van der Waals surface area contributed by atoms with Gasteiger partial charge in [0, 0.05) is 49.4 Å². The summed E-state index contributed by atoms with van der Waals surface area (Å²) in [6.07, 6.45) is 2.84. The number of nitro groups is 1. The zero-order valence-electron chi connectivity index (χ0n) is 15.3. The minimum absolute atomic E-state index is 0.0561. The van der Waals surface area contributed by atoms with Crippen LogP contribution in [0.2, 0.25) is 5.02 Å². The molecule has 0 unspecified atom stereocenters. The number of piperazine rings is 1. The second-order valence-electron chi connectivity index (χ2n) is 6.37. The zero-order chi connectivity index (χ0) is 21.0. The molecule has 1 aliphatic rings. The van der Waals surface area contributed by atoms with Crippen LogP contribution in [0.5, 0.6) is 0 Å². The SMILES string of the molecule is O=C(/C=C/c1cccc([N+](=O)[O-])c1)N1CCN(S(=O)(=O)c2cccc(Cl)c2)CC1. The first kappa shape index (κ1) is 21.0. The second kappa shape index (κ2) is 8.73. The molecule has 0 bridgehead atoms. The summed E-state index contributed by atoms with van der Waals surface area (Å²) < 4.78 is 26.7. The van der Waals surface area contributed by atoms with E-state index in [9.17, 15) is 23.3 Å². The molecule has 152 valence electrons. The Bertz CT molecular complexity index is 1060. The van der Waals surface area contributed by atoms with Crippen LogP contribution in [0.3, 0.4) is 0 Å². The molecule has 2 aromatic rings. The number of hydrogen-bond donors (Lipinski definition) is 0. The molecule has 0 N–H and O–H groups in total. The normalized spacial score (nSPS) is 15.6. The molecule has 0 saturated carbocycles. The third-order valence-electron chi connectivity index (χ3n) is 4.48. The Morgan fingerprint density at radius 1 is 1.07 bits per heavy atom. The molecular weight excluding hydrogens is 418 g/mol. The smallest absolute Gasteiger partial charge is 0.270 e. The van der Waals surface area contributed by atoms with Gasteiger partial charge in [-0.15, -0.1) is 0 Å². The van der Waals surface area contributed by atoms with Crippen molar-refractivity contribution in [2.45, 2.75) is 4.90 Å². The molecule has 1 amide bonds. The highest BCUT2D eigenvalue weighted by Crippen LogP contribution is 2.21. The largest absolute Gasteiger partial charge is 0.337 e. The minimum Gasteiger partial charge on any atom is -0.337 e. The summed E-state index contributed by atoms with van der Waals surface area (Å²) in [6.45, 7) is 0.840.